The first-order chi connectivity index (χ1) is 14.5. The molecule has 0 aliphatic heterocycles. The maximum absolute atomic E-state index is 12.8. The molecular weight excluding hydrogens is 395 g/mol. The van der Waals surface area contributed by atoms with Crippen LogP contribution in [0.3, 0.4) is 0 Å². The fourth-order valence-electron chi connectivity index (χ4n) is 2.48. The van der Waals surface area contributed by atoms with Gasteiger partial charge >= 0.3 is 0 Å². The summed E-state index contributed by atoms with van der Waals surface area (Å²) in [4.78, 5) is 29.4. The van der Waals surface area contributed by atoms with Gasteiger partial charge in [0, 0.05) is 17.9 Å². The van der Waals surface area contributed by atoms with Crippen LogP contribution in [0.2, 0.25) is 0 Å². The lowest BCUT2D eigenvalue weighted by atomic mass is 10.1. The van der Waals surface area contributed by atoms with Crippen molar-refractivity contribution in [2.75, 3.05) is 0 Å². The van der Waals surface area contributed by atoms with Crippen LogP contribution in [0.1, 0.15) is 66.1 Å². The topological polar surface area (TPSA) is 98.0 Å². The van der Waals surface area contributed by atoms with E-state index in [4.69, 9.17) is 5.73 Å². The summed E-state index contributed by atoms with van der Waals surface area (Å²) in [7, 11) is 0. The third-order valence-corrected chi connectivity index (χ3v) is 4.33. The number of amides is 2. The minimum atomic E-state index is -0.654. The smallest absolute Gasteiger partial charge is 0.250 e. The summed E-state index contributed by atoms with van der Waals surface area (Å²) < 4.78 is 12.8. The molecule has 0 saturated carbocycles. The van der Waals surface area contributed by atoms with Crippen molar-refractivity contribution in [1.29, 1.82) is 0 Å². The van der Waals surface area contributed by atoms with Gasteiger partial charge in [-0.3, -0.25) is 19.6 Å². The van der Waals surface area contributed by atoms with Crippen LogP contribution in [0.15, 0.2) is 37.1 Å². The van der Waals surface area contributed by atoms with E-state index >= 15 is 0 Å². The van der Waals surface area contributed by atoms with Crippen LogP contribution >= 0.6 is 0 Å². The third kappa shape index (κ3) is 11.6. The van der Waals surface area contributed by atoms with E-state index < -0.39 is 11.7 Å². The number of hydrogen-bond donors (Lipinski definition) is 2. The first-order valence-corrected chi connectivity index (χ1v) is 10.3. The quantitative estimate of drug-likeness (QED) is 0.659. The second-order valence-electron chi connectivity index (χ2n) is 7.14. The second-order valence-corrected chi connectivity index (χ2v) is 7.14. The third-order valence-electron chi connectivity index (χ3n) is 4.33. The lowest BCUT2D eigenvalue weighted by molar-refractivity contribution is -0.117. The number of primary amides is 1. The van der Waals surface area contributed by atoms with Crippen molar-refractivity contribution in [1.82, 2.24) is 15.3 Å². The minimum absolute atomic E-state index is 0.0645. The van der Waals surface area contributed by atoms with Crippen LogP contribution in [-0.4, -0.2) is 27.8 Å². The number of rotatable bonds is 6. The number of hydrogen-bond acceptors (Lipinski definition) is 4. The average molecular weight is 431 g/mol. The molecule has 2 amide bonds. The van der Waals surface area contributed by atoms with E-state index in [1.807, 2.05) is 26.1 Å². The van der Waals surface area contributed by atoms with E-state index in [0.717, 1.165) is 31.0 Å². The Kier molecular flexibility index (Phi) is 13.3. The predicted octanol–water partition coefficient (Wildman–Crippen LogP) is 4.50. The summed E-state index contributed by atoms with van der Waals surface area (Å²) in [5, 5.41) is 2.86. The molecule has 0 bridgehead atoms. The van der Waals surface area contributed by atoms with E-state index in [1.165, 1.54) is 18.6 Å². The molecule has 2 heterocycles. The highest BCUT2D eigenvalue weighted by Gasteiger charge is 2.09. The van der Waals surface area contributed by atoms with E-state index in [2.05, 4.69) is 41.8 Å². The lowest BCUT2D eigenvalue weighted by Crippen LogP contribution is -2.32. The Morgan fingerprint density at radius 3 is 2.26 bits per heavy atom. The molecule has 2 aromatic rings. The van der Waals surface area contributed by atoms with Gasteiger partial charge in [-0.15, -0.1) is 0 Å². The van der Waals surface area contributed by atoms with Gasteiger partial charge in [0.2, 0.25) is 5.91 Å². The molecule has 0 saturated heterocycles. The Bertz CT molecular complexity index is 830. The van der Waals surface area contributed by atoms with Crippen molar-refractivity contribution < 1.29 is 14.0 Å². The van der Waals surface area contributed by atoms with Crippen LogP contribution in [0.5, 0.6) is 0 Å². The van der Waals surface area contributed by atoms with E-state index in [0.29, 0.717) is 11.7 Å². The summed E-state index contributed by atoms with van der Waals surface area (Å²) in [5.41, 5.74) is 8.16. The minimum Gasteiger partial charge on any atom is -0.366 e. The fourth-order valence-corrected chi connectivity index (χ4v) is 2.48. The van der Waals surface area contributed by atoms with Crippen molar-refractivity contribution in [3.05, 3.63) is 71.1 Å². The molecule has 3 N–H and O–H groups in total. The zero-order chi connectivity index (χ0) is 24.0. The average Bonchev–Trinajstić information content (AvgIpc) is 2.73. The molecule has 7 heteroatoms. The largest absolute Gasteiger partial charge is 0.366 e. The van der Waals surface area contributed by atoms with Gasteiger partial charge < -0.3 is 11.1 Å². The highest BCUT2D eigenvalue weighted by molar-refractivity contribution is 5.93. The van der Waals surface area contributed by atoms with Crippen molar-refractivity contribution in [2.24, 2.45) is 5.73 Å². The molecule has 31 heavy (non-hydrogen) atoms. The van der Waals surface area contributed by atoms with Gasteiger partial charge in [-0.1, -0.05) is 32.9 Å². The zero-order valence-corrected chi connectivity index (χ0v) is 19.5. The van der Waals surface area contributed by atoms with Crippen LogP contribution in [0.4, 0.5) is 4.39 Å². The first-order valence-electron chi connectivity index (χ1n) is 10.3. The molecule has 0 unspecified atom stereocenters. The Hall–Kier alpha value is -3.09. The number of pyridine rings is 2. The molecule has 2 aromatic heterocycles. The summed E-state index contributed by atoms with van der Waals surface area (Å²) in [6, 6.07) is 5.50. The van der Waals surface area contributed by atoms with Crippen molar-refractivity contribution in [3.63, 3.8) is 0 Å². The summed E-state index contributed by atoms with van der Waals surface area (Å²) in [5.74, 6) is -1.22. The van der Waals surface area contributed by atoms with Gasteiger partial charge in [0.1, 0.15) is 5.82 Å². The van der Waals surface area contributed by atoms with Crippen molar-refractivity contribution in [3.8, 4) is 0 Å². The standard InChI is InChI=1S/C9H17NO.C8H9FN2O.C7H9N/c1-4-7-8(5-2)10-9(11)6-3;1-4-6(8(10)12)3-7(9)5(2)11-4;1-6-3-4-7(2)8-5-6/h6,8H,3-5,7H2,1-2H3,(H,10,11);3H,1-2H3,(H2,10,12);3-5H,1-2H3/t8-;;/m1../s1. The van der Waals surface area contributed by atoms with Gasteiger partial charge in [0.05, 0.1) is 17.0 Å². The van der Waals surface area contributed by atoms with Gasteiger partial charge in [0.25, 0.3) is 5.91 Å². The number of nitrogens with two attached hydrogens (primary N) is 1. The predicted molar refractivity (Wildman–Crippen MR) is 123 cm³/mol. The molecule has 0 aromatic carbocycles. The molecule has 2 rings (SSSR count). The van der Waals surface area contributed by atoms with E-state index in [-0.39, 0.29) is 17.2 Å². The van der Waals surface area contributed by atoms with Crippen molar-refractivity contribution >= 4 is 11.8 Å². The highest BCUT2D eigenvalue weighted by atomic mass is 19.1. The Balaban J connectivity index is 0.000000444. The molecular formula is C24H35FN4O2. The Labute approximate surface area is 185 Å². The molecule has 0 fully saturated rings. The second kappa shape index (κ2) is 14.8. The first kappa shape index (κ1) is 27.9. The number of nitrogens with one attached hydrogen (secondary N) is 1. The highest BCUT2D eigenvalue weighted by Crippen LogP contribution is 2.09. The number of aromatic nitrogens is 2. The summed E-state index contributed by atoms with van der Waals surface area (Å²) in [6.07, 6.45) is 6.34. The number of nitrogens with zero attached hydrogens (tertiary/aromatic N) is 2. The van der Waals surface area contributed by atoms with Gasteiger partial charge in [-0.05, 0) is 64.3 Å². The molecule has 0 spiro atoms. The fraction of sp³-hybridized carbons (Fsp3) is 0.417. The number of carbonyl (C=O) groups excluding carboxylic acids is 2. The number of carbonyl (C=O) groups is 2. The molecule has 6 nitrogen and oxygen atoms in total. The van der Waals surface area contributed by atoms with Crippen LogP contribution in [-0.2, 0) is 4.79 Å². The molecule has 170 valence electrons. The number of halogens is 1. The monoisotopic (exact) mass is 430 g/mol. The molecule has 1 atom stereocenters. The summed E-state index contributed by atoms with van der Waals surface area (Å²) in [6.45, 7) is 14.8. The maximum atomic E-state index is 12.8. The molecule has 0 aliphatic rings. The Morgan fingerprint density at radius 2 is 1.84 bits per heavy atom. The van der Waals surface area contributed by atoms with E-state index in [1.54, 1.807) is 6.92 Å². The molecule has 0 aliphatic carbocycles. The normalized spacial score (nSPS) is 10.5. The zero-order valence-electron chi connectivity index (χ0n) is 19.5. The SMILES string of the molecule is C=CC(=O)N[C@H](CC)CCC.Cc1ccc(C)nc1.Cc1nc(C)c(C(N)=O)cc1F. The van der Waals surface area contributed by atoms with Gasteiger partial charge in [-0.25, -0.2) is 4.39 Å². The van der Waals surface area contributed by atoms with Crippen molar-refractivity contribution in [2.45, 2.75) is 66.8 Å². The van der Waals surface area contributed by atoms with E-state index in [9.17, 15) is 14.0 Å². The Morgan fingerprint density at radius 1 is 1.19 bits per heavy atom. The van der Waals surface area contributed by atoms with Crippen LogP contribution < -0.4 is 11.1 Å². The van der Waals surface area contributed by atoms with Gasteiger partial charge in [0.15, 0.2) is 0 Å². The van der Waals surface area contributed by atoms with Gasteiger partial charge in [-0.2, -0.15) is 0 Å². The lowest BCUT2D eigenvalue weighted by Gasteiger charge is -2.13. The van der Waals surface area contributed by atoms with Crippen LogP contribution in [0.25, 0.3) is 0 Å². The maximum Gasteiger partial charge on any atom is 0.250 e. The van der Waals surface area contributed by atoms with Crippen LogP contribution in [0, 0.1) is 33.5 Å². The number of aryl methyl sites for hydroxylation is 4. The summed E-state index contributed by atoms with van der Waals surface area (Å²) >= 11 is 0. The molecule has 0 radical (unpaired) electrons.